The van der Waals surface area contributed by atoms with Crippen molar-refractivity contribution in [3.63, 3.8) is 0 Å². The van der Waals surface area contributed by atoms with Gasteiger partial charge in [-0.25, -0.2) is 0 Å². The number of ether oxygens (including phenoxy) is 1. The number of hydrogen-bond acceptors (Lipinski definition) is 2. The molecule has 0 bridgehead atoms. The molecule has 0 spiro atoms. The maximum absolute atomic E-state index is 5.41. The van der Waals surface area contributed by atoms with Gasteiger partial charge in [0, 0.05) is 33.7 Å². The number of rotatable bonds is 3. The van der Waals surface area contributed by atoms with Crippen molar-refractivity contribution in [2.24, 2.45) is 0 Å². The molecule has 1 unspecified atom stereocenters. The maximum atomic E-state index is 5.41. The van der Waals surface area contributed by atoms with Crippen LogP contribution >= 0.6 is 0 Å². The minimum atomic E-state index is 0.307. The van der Waals surface area contributed by atoms with Crippen LogP contribution in [0.3, 0.4) is 0 Å². The largest absolute Gasteiger partial charge is 0.497 e. The quantitative estimate of drug-likeness (QED) is 0.530. The molecule has 5 rings (SSSR count). The lowest BCUT2D eigenvalue weighted by Gasteiger charge is -2.24. The van der Waals surface area contributed by atoms with Gasteiger partial charge < -0.3 is 20.0 Å². The molecule has 1 atom stereocenters. The average Bonchev–Trinajstić information content (AvgIpc) is 3.23. The Hall–Kier alpha value is -2.72. The fourth-order valence-corrected chi connectivity index (χ4v) is 4.11. The van der Waals surface area contributed by atoms with Gasteiger partial charge in [0.15, 0.2) is 0 Å². The Bertz CT molecular complexity index is 1060. The van der Waals surface area contributed by atoms with E-state index in [1.165, 1.54) is 38.6 Å². The zero-order valence-corrected chi connectivity index (χ0v) is 14.2. The Labute approximate surface area is 146 Å². The number of aromatic nitrogens is 2. The minimum absolute atomic E-state index is 0.307. The molecule has 0 saturated carbocycles. The van der Waals surface area contributed by atoms with Crippen LogP contribution < -0.4 is 10.1 Å². The van der Waals surface area contributed by atoms with E-state index < -0.39 is 0 Å². The van der Waals surface area contributed by atoms with Crippen LogP contribution in [0.2, 0.25) is 0 Å². The molecule has 4 aromatic rings. The summed E-state index contributed by atoms with van der Waals surface area (Å²) in [5.41, 5.74) is 6.50. The summed E-state index contributed by atoms with van der Waals surface area (Å²) in [5, 5.41) is 6.30. The van der Waals surface area contributed by atoms with Gasteiger partial charge in [-0.15, -0.1) is 0 Å². The molecule has 0 aliphatic carbocycles. The first-order valence-electron chi connectivity index (χ1n) is 8.80. The number of fused-ring (bicyclic) bond motifs is 4. The second-order valence-corrected chi connectivity index (χ2v) is 6.75. The van der Waals surface area contributed by atoms with Crippen LogP contribution in [0, 0.1) is 0 Å². The molecule has 4 nitrogen and oxygen atoms in total. The number of aromatic amines is 2. The first-order valence-corrected chi connectivity index (χ1v) is 8.80. The third-order valence-electron chi connectivity index (χ3n) is 5.36. The van der Waals surface area contributed by atoms with E-state index >= 15 is 0 Å². The molecule has 3 heterocycles. The Morgan fingerprint density at radius 3 is 2.92 bits per heavy atom. The lowest BCUT2D eigenvalue weighted by Crippen LogP contribution is -2.31. The van der Waals surface area contributed by atoms with Crippen molar-refractivity contribution in [2.75, 3.05) is 13.7 Å². The van der Waals surface area contributed by atoms with Crippen LogP contribution in [0.15, 0.2) is 48.7 Å². The highest BCUT2D eigenvalue weighted by molar-refractivity contribution is 5.87. The van der Waals surface area contributed by atoms with E-state index in [0.29, 0.717) is 6.04 Å². The van der Waals surface area contributed by atoms with Gasteiger partial charge in [0.2, 0.25) is 0 Å². The summed E-state index contributed by atoms with van der Waals surface area (Å²) in [6.07, 6.45) is 4.17. The molecule has 4 heteroatoms. The predicted molar refractivity (Wildman–Crippen MR) is 101 cm³/mol. The van der Waals surface area contributed by atoms with Crippen molar-refractivity contribution in [1.82, 2.24) is 15.3 Å². The number of H-pyrrole nitrogens is 2. The van der Waals surface area contributed by atoms with E-state index in [4.69, 9.17) is 4.74 Å². The molecular weight excluding hydrogens is 310 g/mol. The summed E-state index contributed by atoms with van der Waals surface area (Å²) in [4.78, 5) is 7.04. The molecule has 2 aromatic heterocycles. The first kappa shape index (κ1) is 14.6. The average molecular weight is 331 g/mol. The maximum Gasteiger partial charge on any atom is 0.119 e. The molecule has 0 radical (unpaired) electrons. The SMILES string of the molecule is COc1ccc2[nH]c3c(c2c1)CCNC3Cc1c[nH]c2ccccc12. The molecule has 3 N–H and O–H groups in total. The Morgan fingerprint density at radius 2 is 2.00 bits per heavy atom. The van der Waals surface area contributed by atoms with Crippen LogP contribution in [0.5, 0.6) is 5.75 Å². The highest BCUT2D eigenvalue weighted by Crippen LogP contribution is 2.34. The normalized spacial score (nSPS) is 17.1. The van der Waals surface area contributed by atoms with Crippen LogP contribution in [-0.4, -0.2) is 23.6 Å². The van der Waals surface area contributed by atoms with E-state index in [0.717, 1.165) is 25.1 Å². The van der Waals surface area contributed by atoms with E-state index in [-0.39, 0.29) is 0 Å². The number of methoxy groups -OCH3 is 1. The molecule has 126 valence electrons. The third kappa shape index (κ3) is 2.33. The molecule has 0 amide bonds. The summed E-state index contributed by atoms with van der Waals surface area (Å²) >= 11 is 0. The summed E-state index contributed by atoms with van der Waals surface area (Å²) in [5.74, 6) is 0.918. The molecule has 1 aliphatic heterocycles. The zero-order valence-electron chi connectivity index (χ0n) is 14.2. The molecular formula is C21H21N3O. The zero-order chi connectivity index (χ0) is 16.8. The van der Waals surface area contributed by atoms with Gasteiger partial charge in [0.1, 0.15) is 5.75 Å². The van der Waals surface area contributed by atoms with E-state index in [1.54, 1.807) is 7.11 Å². The molecule has 0 fully saturated rings. The topological polar surface area (TPSA) is 52.8 Å². The van der Waals surface area contributed by atoms with E-state index in [1.807, 2.05) is 6.07 Å². The summed E-state index contributed by atoms with van der Waals surface area (Å²) in [7, 11) is 1.72. The van der Waals surface area contributed by atoms with Gasteiger partial charge >= 0.3 is 0 Å². The number of para-hydroxylation sites is 1. The Morgan fingerprint density at radius 1 is 1.08 bits per heavy atom. The van der Waals surface area contributed by atoms with Crippen LogP contribution in [-0.2, 0) is 12.8 Å². The minimum Gasteiger partial charge on any atom is -0.497 e. The van der Waals surface area contributed by atoms with E-state index in [9.17, 15) is 0 Å². The monoisotopic (exact) mass is 331 g/mol. The Balaban J connectivity index is 1.56. The van der Waals surface area contributed by atoms with Gasteiger partial charge in [-0.3, -0.25) is 0 Å². The second kappa shape index (κ2) is 5.67. The Kier molecular flexibility index (Phi) is 3.31. The lowest BCUT2D eigenvalue weighted by molar-refractivity contribution is 0.415. The van der Waals surface area contributed by atoms with E-state index in [2.05, 4.69) is 57.9 Å². The van der Waals surface area contributed by atoms with Crippen LogP contribution in [0.25, 0.3) is 21.8 Å². The van der Waals surface area contributed by atoms with Crippen molar-refractivity contribution in [2.45, 2.75) is 18.9 Å². The smallest absolute Gasteiger partial charge is 0.119 e. The first-order chi connectivity index (χ1) is 12.3. The highest BCUT2D eigenvalue weighted by Gasteiger charge is 2.25. The fourth-order valence-electron chi connectivity index (χ4n) is 4.11. The molecule has 1 aliphatic rings. The lowest BCUT2D eigenvalue weighted by atomic mass is 9.94. The van der Waals surface area contributed by atoms with Crippen molar-refractivity contribution >= 4 is 21.8 Å². The summed E-state index contributed by atoms with van der Waals surface area (Å²) < 4.78 is 5.41. The van der Waals surface area contributed by atoms with Crippen molar-refractivity contribution in [3.8, 4) is 5.75 Å². The number of hydrogen-bond donors (Lipinski definition) is 3. The predicted octanol–water partition coefficient (Wildman–Crippen LogP) is 4.09. The molecule has 0 saturated heterocycles. The van der Waals surface area contributed by atoms with Gasteiger partial charge in [0.25, 0.3) is 0 Å². The van der Waals surface area contributed by atoms with Crippen molar-refractivity contribution in [1.29, 1.82) is 0 Å². The highest BCUT2D eigenvalue weighted by atomic mass is 16.5. The van der Waals surface area contributed by atoms with Crippen molar-refractivity contribution < 1.29 is 4.74 Å². The second-order valence-electron chi connectivity index (χ2n) is 6.75. The standard InChI is InChI=1S/C21H21N3O/c1-25-14-6-7-19-17(11-14)16-8-9-22-20(21(16)24-19)10-13-12-23-18-5-3-2-4-15(13)18/h2-7,11-12,20,22-24H,8-10H2,1H3. The molecule has 25 heavy (non-hydrogen) atoms. The fraction of sp³-hybridized carbons (Fsp3) is 0.238. The van der Waals surface area contributed by atoms with Crippen LogP contribution in [0.1, 0.15) is 22.9 Å². The summed E-state index contributed by atoms with van der Waals surface area (Å²) in [6.45, 7) is 1.00. The van der Waals surface area contributed by atoms with Crippen molar-refractivity contribution in [3.05, 3.63) is 65.5 Å². The number of benzene rings is 2. The summed E-state index contributed by atoms with van der Waals surface area (Å²) in [6, 6.07) is 15.1. The van der Waals surface area contributed by atoms with Gasteiger partial charge in [-0.1, -0.05) is 18.2 Å². The van der Waals surface area contributed by atoms with Gasteiger partial charge in [-0.05, 0) is 54.8 Å². The van der Waals surface area contributed by atoms with Crippen LogP contribution in [0.4, 0.5) is 0 Å². The number of nitrogens with one attached hydrogen (secondary N) is 3. The molecule has 2 aromatic carbocycles. The van der Waals surface area contributed by atoms with Gasteiger partial charge in [0.05, 0.1) is 13.2 Å². The van der Waals surface area contributed by atoms with Gasteiger partial charge in [-0.2, -0.15) is 0 Å². The third-order valence-corrected chi connectivity index (χ3v) is 5.36.